The first kappa shape index (κ1) is 14.9. The molecule has 2 rings (SSSR count). The highest BCUT2D eigenvalue weighted by Gasteiger charge is 2.17. The number of carbonyl (C=O) groups is 1. The molecular weight excluding hydrogens is 342 g/mol. The molecule has 20 heavy (non-hydrogen) atoms. The van der Waals surface area contributed by atoms with Gasteiger partial charge in [-0.25, -0.2) is 0 Å². The Labute approximate surface area is 130 Å². The standard InChI is InChI=1S/C15H13BrClNO2/c1-2-18(11-4-3-5-12(19)9-11)15(20)10-6-7-14(17)13(16)8-10/h3-9,19H,2H2,1H3. The Hall–Kier alpha value is -1.52. The molecule has 1 N–H and O–H groups in total. The maximum Gasteiger partial charge on any atom is 0.258 e. The number of rotatable bonds is 3. The van der Waals surface area contributed by atoms with Crippen LogP contribution in [-0.2, 0) is 0 Å². The van der Waals surface area contributed by atoms with Crippen LogP contribution in [0.25, 0.3) is 0 Å². The highest BCUT2D eigenvalue weighted by atomic mass is 79.9. The number of phenolic OH excluding ortho intramolecular Hbond substituents is 1. The van der Waals surface area contributed by atoms with E-state index in [0.717, 1.165) is 0 Å². The summed E-state index contributed by atoms with van der Waals surface area (Å²) in [6.45, 7) is 2.38. The number of nitrogens with zero attached hydrogens (tertiary/aromatic N) is 1. The molecule has 5 heteroatoms. The van der Waals surface area contributed by atoms with E-state index in [-0.39, 0.29) is 11.7 Å². The van der Waals surface area contributed by atoms with Crippen molar-refractivity contribution in [2.75, 3.05) is 11.4 Å². The molecule has 0 aliphatic rings. The molecule has 0 saturated carbocycles. The Morgan fingerprint density at radius 3 is 2.65 bits per heavy atom. The topological polar surface area (TPSA) is 40.5 Å². The molecular formula is C15H13BrClNO2. The number of halogens is 2. The molecule has 104 valence electrons. The van der Waals surface area contributed by atoms with Crippen molar-refractivity contribution in [2.45, 2.75) is 6.92 Å². The minimum absolute atomic E-state index is 0.131. The highest BCUT2D eigenvalue weighted by molar-refractivity contribution is 9.10. The second kappa shape index (κ2) is 6.29. The van der Waals surface area contributed by atoms with Gasteiger partial charge in [0.1, 0.15) is 5.75 Å². The Morgan fingerprint density at radius 2 is 2.05 bits per heavy atom. The van der Waals surface area contributed by atoms with E-state index in [0.29, 0.717) is 27.3 Å². The average molecular weight is 355 g/mol. The van der Waals surface area contributed by atoms with Crippen molar-refractivity contribution in [3.8, 4) is 5.75 Å². The van der Waals surface area contributed by atoms with Crippen LogP contribution in [0, 0.1) is 0 Å². The van der Waals surface area contributed by atoms with Gasteiger partial charge in [0.05, 0.1) is 5.02 Å². The number of hydrogen-bond donors (Lipinski definition) is 1. The fraction of sp³-hybridized carbons (Fsp3) is 0.133. The molecule has 3 nitrogen and oxygen atoms in total. The summed E-state index contributed by atoms with van der Waals surface area (Å²) in [4.78, 5) is 14.1. The van der Waals surface area contributed by atoms with E-state index in [4.69, 9.17) is 11.6 Å². The second-order valence-electron chi connectivity index (χ2n) is 4.20. The fourth-order valence-electron chi connectivity index (χ4n) is 1.89. The molecule has 0 radical (unpaired) electrons. The van der Waals surface area contributed by atoms with Crippen molar-refractivity contribution < 1.29 is 9.90 Å². The van der Waals surface area contributed by atoms with Gasteiger partial charge in [-0.1, -0.05) is 17.7 Å². The van der Waals surface area contributed by atoms with E-state index in [9.17, 15) is 9.90 Å². The molecule has 0 unspecified atom stereocenters. The van der Waals surface area contributed by atoms with Crippen LogP contribution in [-0.4, -0.2) is 17.6 Å². The van der Waals surface area contributed by atoms with Crippen LogP contribution in [0.2, 0.25) is 5.02 Å². The molecule has 0 spiro atoms. The lowest BCUT2D eigenvalue weighted by molar-refractivity contribution is 0.0988. The van der Waals surface area contributed by atoms with Crippen molar-refractivity contribution in [3.63, 3.8) is 0 Å². The largest absolute Gasteiger partial charge is 0.508 e. The van der Waals surface area contributed by atoms with Crippen molar-refractivity contribution in [3.05, 3.63) is 57.5 Å². The summed E-state index contributed by atoms with van der Waals surface area (Å²) >= 11 is 9.24. The smallest absolute Gasteiger partial charge is 0.258 e. The molecule has 0 bridgehead atoms. The van der Waals surface area contributed by atoms with Gasteiger partial charge in [0.25, 0.3) is 5.91 Å². The molecule has 1 amide bonds. The van der Waals surface area contributed by atoms with Gasteiger partial charge in [-0.05, 0) is 53.2 Å². The van der Waals surface area contributed by atoms with Gasteiger partial charge in [0.2, 0.25) is 0 Å². The maximum atomic E-state index is 12.5. The lowest BCUT2D eigenvalue weighted by atomic mass is 10.1. The minimum atomic E-state index is -0.143. The van der Waals surface area contributed by atoms with E-state index in [2.05, 4.69) is 15.9 Å². The summed E-state index contributed by atoms with van der Waals surface area (Å²) in [6, 6.07) is 11.7. The first-order valence-corrected chi connectivity index (χ1v) is 7.26. The predicted octanol–water partition coefficient (Wildman–Crippen LogP) is 4.47. The monoisotopic (exact) mass is 353 g/mol. The minimum Gasteiger partial charge on any atom is -0.508 e. The number of aromatic hydroxyl groups is 1. The first-order chi connectivity index (χ1) is 9.52. The number of hydrogen-bond acceptors (Lipinski definition) is 2. The van der Waals surface area contributed by atoms with E-state index in [1.807, 2.05) is 6.92 Å². The lowest BCUT2D eigenvalue weighted by Gasteiger charge is -2.21. The van der Waals surface area contributed by atoms with Crippen molar-refractivity contribution in [1.82, 2.24) is 0 Å². The van der Waals surface area contributed by atoms with E-state index in [1.165, 1.54) is 0 Å². The normalized spacial score (nSPS) is 10.3. The van der Waals surface area contributed by atoms with Gasteiger partial charge in [0.15, 0.2) is 0 Å². The van der Waals surface area contributed by atoms with Gasteiger partial charge >= 0.3 is 0 Å². The molecule has 0 saturated heterocycles. The molecule has 0 aliphatic carbocycles. The molecule has 0 fully saturated rings. The lowest BCUT2D eigenvalue weighted by Crippen LogP contribution is -2.30. The number of benzene rings is 2. The number of phenols is 1. The summed E-state index contributed by atoms with van der Waals surface area (Å²) in [5, 5.41) is 10.1. The van der Waals surface area contributed by atoms with E-state index >= 15 is 0 Å². The Balaban J connectivity index is 2.36. The Bertz CT molecular complexity index is 646. The van der Waals surface area contributed by atoms with Crippen molar-refractivity contribution in [2.24, 2.45) is 0 Å². The van der Waals surface area contributed by atoms with Gasteiger partial charge in [0, 0.05) is 28.3 Å². The van der Waals surface area contributed by atoms with Crippen molar-refractivity contribution in [1.29, 1.82) is 0 Å². The Kier molecular flexibility index (Phi) is 4.68. The van der Waals surface area contributed by atoms with Gasteiger partial charge in [-0.15, -0.1) is 0 Å². The van der Waals surface area contributed by atoms with Crippen LogP contribution < -0.4 is 4.90 Å². The highest BCUT2D eigenvalue weighted by Crippen LogP contribution is 2.26. The van der Waals surface area contributed by atoms with Gasteiger partial charge in [-0.3, -0.25) is 4.79 Å². The zero-order valence-corrected chi connectivity index (χ0v) is 13.1. The predicted molar refractivity (Wildman–Crippen MR) is 84.6 cm³/mol. The third-order valence-electron chi connectivity index (χ3n) is 2.87. The zero-order valence-electron chi connectivity index (χ0n) is 10.8. The first-order valence-electron chi connectivity index (χ1n) is 6.09. The van der Waals surface area contributed by atoms with Crippen molar-refractivity contribution >= 4 is 39.1 Å². The summed E-state index contributed by atoms with van der Waals surface area (Å²) in [5.41, 5.74) is 1.19. The average Bonchev–Trinajstić information content (AvgIpc) is 2.42. The van der Waals surface area contributed by atoms with E-state index < -0.39 is 0 Å². The summed E-state index contributed by atoms with van der Waals surface area (Å²) in [7, 11) is 0. The molecule has 2 aromatic rings. The van der Waals surface area contributed by atoms with Crippen LogP contribution in [0.3, 0.4) is 0 Å². The third kappa shape index (κ3) is 3.14. The summed E-state index contributed by atoms with van der Waals surface area (Å²) in [5.74, 6) is -0.0125. The van der Waals surface area contributed by atoms with Crippen LogP contribution in [0.1, 0.15) is 17.3 Å². The van der Waals surface area contributed by atoms with E-state index in [1.54, 1.807) is 47.4 Å². The third-order valence-corrected chi connectivity index (χ3v) is 4.08. The van der Waals surface area contributed by atoms with Gasteiger partial charge in [-0.2, -0.15) is 0 Å². The zero-order chi connectivity index (χ0) is 14.7. The number of carbonyl (C=O) groups excluding carboxylic acids is 1. The number of anilines is 1. The molecule has 2 aromatic carbocycles. The SMILES string of the molecule is CCN(C(=O)c1ccc(Cl)c(Br)c1)c1cccc(O)c1. The fourth-order valence-corrected chi connectivity index (χ4v) is 2.39. The van der Waals surface area contributed by atoms with Crippen LogP contribution in [0.5, 0.6) is 5.75 Å². The molecule has 0 atom stereocenters. The van der Waals surface area contributed by atoms with Crippen LogP contribution >= 0.6 is 27.5 Å². The quantitative estimate of drug-likeness (QED) is 0.883. The second-order valence-corrected chi connectivity index (χ2v) is 5.46. The molecule has 0 aliphatic heterocycles. The van der Waals surface area contributed by atoms with Crippen LogP contribution in [0.4, 0.5) is 5.69 Å². The molecule has 0 aromatic heterocycles. The summed E-state index contributed by atoms with van der Waals surface area (Å²) < 4.78 is 0.678. The van der Waals surface area contributed by atoms with Crippen LogP contribution in [0.15, 0.2) is 46.9 Å². The number of amides is 1. The Morgan fingerprint density at radius 1 is 1.30 bits per heavy atom. The summed E-state index contributed by atoms with van der Waals surface area (Å²) in [6.07, 6.45) is 0. The molecule has 0 heterocycles. The maximum absolute atomic E-state index is 12.5. The van der Waals surface area contributed by atoms with Gasteiger partial charge < -0.3 is 10.0 Å².